The van der Waals surface area contributed by atoms with Gasteiger partial charge >= 0.3 is 6.09 Å². The minimum Gasteiger partial charge on any atom is -0.435 e. The second-order valence-electron chi connectivity index (χ2n) is 5.80. The van der Waals surface area contributed by atoms with Crippen molar-refractivity contribution < 1.29 is 9.53 Å². The van der Waals surface area contributed by atoms with E-state index in [0.717, 1.165) is 37.8 Å². The second-order valence-corrected chi connectivity index (χ2v) is 5.80. The van der Waals surface area contributed by atoms with Gasteiger partial charge in [0.25, 0.3) is 0 Å². The van der Waals surface area contributed by atoms with Crippen LogP contribution in [0.5, 0.6) is 0 Å². The van der Waals surface area contributed by atoms with Gasteiger partial charge in [-0.2, -0.15) is 0 Å². The monoisotopic (exact) mass is 259 g/mol. The number of carbonyl (C=O) groups is 1. The van der Waals surface area contributed by atoms with Crippen molar-refractivity contribution >= 4 is 6.09 Å². The van der Waals surface area contributed by atoms with Gasteiger partial charge in [0.15, 0.2) is 5.60 Å². The summed E-state index contributed by atoms with van der Waals surface area (Å²) in [5, 5.41) is 0. The Balaban J connectivity index is 2.13. The summed E-state index contributed by atoms with van der Waals surface area (Å²) in [6.07, 6.45) is 3.93. The van der Waals surface area contributed by atoms with E-state index in [1.165, 1.54) is 0 Å². The third-order valence-electron chi connectivity index (χ3n) is 4.98. The van der Waals surface area contributed by atoms with Gasteiger partial charge in [-0.1, -0.05) is 37.3 Å². The van der Waals surface area contributed by atoms with Crippen molar-refractivity contribution in [3.8, 4) is 0 Å². The molecule has 2 fully saturated rings. The molecule has 0 aromatic heterocycles. The molecule has 1 aromatic rings. The molecule has 102 valence electrons. The number of benzene rings is 1. The molecule has 1 aromatic carbocycles. The molecule has 2 aliphatic rings. The maximum Gasteiger partial charge on any atom is 0.411 e. The van der Waals surface area contributed by atoms with Gasteiger partial charge in [-0.25, -0.2) is 4.79 Å². The van der Waals surface area contributed by atoms with Crippen LogP contribution in [0, 0.1) is 0 Å². The number of hydrogen-bond acceptors (Lipinski definition) is 2. The smallest absolute Gasteiger partial charge is 0.411 e. The zero-order valence-corrected chi connectivity index (χ0v) is 11.7. The standard InChI is InChI=1S/C16H21NO2/c1-3-16(13-9-5-4-6-10-13)15(2)11-7-8-12-17(15)14(18)19-16/h4-6,9-10H,3,7-8,11-12H2,1-2H3/t15-,16+/m0/s1. The average molecular weight is 259 g/mol. The van der Waals surface area contributed by atoms with Crippen LogP contribution in [0.3, 0.4) is 0 Å². The Morgan fingerprint density at radius 1 is 1.26 bits per heavy atom. The Kier molecular flexibility index (Phi) is 2.80. The van der Waals surface area contributed by atoms with Crippen molar-refractivity contribution in [3.63, 3.8) is 0 Å². The summed E-state index contributed by atoms with van der Waals surface area (Å²) in [5.74, 6) is 0. The zero-order valence-electron chi connectivity index (χ0n) is 11.7. The number of ether oxygens (including phenoxy) is 1. The molecule has 0 bridgehead atoms. The first-order valence-corrected chi connectivity index (χ1v) is 7.20. The molecular formula is C16H21NO2. The topological polar surface area (TPSA) is 29.5 Å². The predicted octanol–water partition coefficient (Wildman–Crippen LogP) is 3.69. The van der Waals surface area contributed by atoms with Gasteiger partial charge in [0, 0.05) is 6.54 Å². The number of hydrogen-bond donors (Lipinski definition) is 0. The van der Waals surface area contributed by atoms with Gasteiger partial charge < -0.3 is 4.74 Å². The fourth-order valence-corrected chi connectivity index (χ4v) is 3.88. The molecule has 2 heterocycles. The maximum absolute atomic E-state index is 12.3. The predicted molar refractivity (Wildman–Crippen MR) is 73.9 cm³/mol. The van der Waals surface area contributed by atoms with E-state index in [1.54, 1.807) is 0 Å². The molecule has 2 saturated heterocycles. The number of carbonyl (C=O) groups excluding carboxylic acids is 1. The first-order chi connectivity index (χ1) is 9.14. The minimum atomic E-state index is -0.494. The van der Waals surface area contributed by atoms with Crippen molar-refractivity contribution in [3.05, 3.63) is 35.9 Å². The van der Waals surface area contributed by atoms with E-state index >= 15 is 0 Å². The highest BCUT2D eigenvalue weighted by Crippen LogP contribution is 2.52. The van der Waals surface area contributed by atoms with Crippen LogP contribution in [0.2, 0.25) is 0 Å². The Morgan fingerprint density at radius 3 is 2.68 bits per heavy atom. The third kappa shape index (κ3) is 1.54. The number of rotatable bonds is 2. The molecule has 3 rings (SSSR count). The Hall–Kier alpha value is -1.51. The summed E-state index contributed by atoms with van der Waals surface area (Å²) in [5.41, 5.74) is 0.419. The van der Waals surface area contributed by atoms with Crippen molar-refractivity contribution in [2.75, 3.05) is 6.54 Å². The molecule has 1 amide bonds. The van der Waals surface area contributed by atoms with Crippen LogP contribution in [0.25, 0.3) is 0 Å². The molecular weight excluding hydrogens is 238 g/mol. The fourth-order valence-electron chi connectivity index (χ4n) is 3.88. The first-order valence-electron chi connectivity index (χ1n) is 7.20. The molecule has 2 atom stereocenters. The van der Waals surface area contributed by atoms with Crippen molar-refractivity contribution in [2.24, 2.45) is 0 Å². The van der Waals surface area contributed by atoms with Crippen LogP contribution in [-0.2, 0) is 10.3 Å². The van der Waals surface area contributed by atoms with Gasteiger partial charge in [-0.3, -0.25) is 4.90 Å². The summed E-state index contributed by atoms with van der Waals surface area (Å²) in [7, 11) is 0. The highest BCUT2D eigenvalue weighted by Gasteiger charge is 2.62. The quantitative estimate of drug-likeness (QED) is 0.810. The second kappa shape index (κ2) is 4.26. The lowest BCUT2D eigenvalue weighted by Crippen LogP contribution is -2.56. The molecule has 0 aliphatic carbocycles. The third-order valence-corrected chi connectivity index (χ3v) is 4.98. The Labute approximate surface area is 114 Å². The number of fused-ring (bicyclic) bond motifs is 1. The normalized spacial score (nSPS) is 34.0. The largest absolute Gasteiger partial charge is 0.435 e. The van der Waals surface area contributed by atoms with E-state index in [0.29, 0.717) is 0 Å². The molecule has 19 heavy (non-hydrogen) atoms. The molecule has 0 unspecified atom stereocenters. The molecule has 2 aliphatic heterocycles. The maximum atomic E-state index is 12.3. The number of amides is 1. The van der Waals surface area contributed by atoms with E-state index in [4.69, 9.17) is 4.74 Å². The molecule has 3 nitrogen and oxygen atoms in total. The summed E-state index contributed by atoms with van der Waals surface area (Å²) in [4.78, 5) is 14.2. The van der Waals surface area contributed by atoms with E-state index < -0.39 is 5.60 Å². The van der Waals surface area contributed by atoms with Gasteiger partial charge in [0.05, 0.1) is 5.54 Å². The van der Waals surface area contributed by atoms with Crippen molar-refractivity contribution in [1.82, 2.24) is 4.90 Å². The van der Waals surface area contributed by atoms with E-state index in [9.17, 15) is 4.79 Å². The molecule has 0 saturated carbocycles. The van der Waals surface area contributed by atoms with Gasteiger partial charge in [-0.15, -0.1) is 0 Å². The fraction of sp³-hybridized carbons (Fsp3) is 0.562. The number of piperidine rings is 1. The SMILES string of the molecule is CC[C@]1(c2ccccc2)OC(=O)N2CCCC[C@]21C. The highest BCUT2D eigenvalue weighted by atomic mass is 16.6. The summed E-state index contributed by atoms with van der Waals surface area (Å²) < 4.78 is 5.92. The van der Waals surface area contributed by atoms with Crippen molar-refractivity contribution in [2.45, 2.75) is 50.7 Å². The Morgan fingerprint density at radius 2 is 2.00 bits per heavy atom. The minimum absolute atomic E-state index is 0.145. The van der Waals surface area contributed by atoms with Gasteiger partial charge in [-0.05, 0) is 38.2 Å². The highest BCUT2D eigenvalue weighted by molar-refractivity contribution is 5.73. The van der Waals surface area contributed by atoms with Crippen LogP contribution in [0.1, 0.15) is 45.1 Å². The van der Waals surface area contributed by atoms with Crippen LogP contribution in [-0.4, -0.2) is 23.1 Å². The Bertz CT molecular complexity index is 487. The average Bonchev–Trinajstić information content (AvgIpc) is 2.68. The van der Waals surface area contributed by atoms with E-state index in [-0.39, 0.29) is 11.6 Å². The van der Waals surface area contributed by atoms with Crippen LogP contribution in [0.4, 0.5) is 4.79 Å². The lowest BCUT2D eigenvalue weighted by atomic mass is 9.70. The lowest BCUT2D eigenvalue weighted by Gasteiger charge is -2.46. The van der Waals surface area contributed by atoms with Crippen LogP contribution < -0.4 is 0 Å². The van der Waals surface area contributed by atoms with Gasteiger partial charge in [0.2, 0.25) is 0 Å². The first kappa shape index (κ1) is 12.5. The summed E-state index contributed by atoms with van der Waals surface area (Å²) >= 11 is 0. The van der Waals surface area contributed by atoms with Crippen LogP contribution >= 0.6 is 0 Å². The molecule has 0 spiro atoms. The van der Waals surface area contributed by atoms with Crippen LogP contribution in [0.15, 0.2) is 30.3 Å². The molecule has 0 radical (unpaired) electrons. The van der Waals surface area contributed by atoms with Gasteiger partial charge in [0.1, 0.15) is 0 Å². The zero-order chi connectivity index (χ0) is 13.5. The lowest BCUT2D eigenvalue weighted by molar-refractivity contribution is -0.0297. The van der Waals surface area contributed by atoms with Crippen molar-refractivity contribution in [1.29, 1.82) is 0 Å². The van der Waals surface area contributed by atoms with E-state index in [1.807, 2.05) is 23.1 Å². The van der Waals surface area contributed by atoms with E-state index in [2.05, 4.69) is 26.0 Å². The number of nitrogens with zero attached hydrogens (tertiary/aromatic N) is 1. The molecule has 0 N–H and O–H groups in total. The number of cyclic esters (lactones) is 1. The summed E-state index contributed by atoms with van der Waals surface area (Å²) in [6, 6.07) is 10.2. The molecule has 3 heteroatoms. The summed E-state index contributed by atoms with van der Waals surface area (Å²) in [6.45, 7) is 5.13.